The number of rotatable bonds is 2. The highest BCUT2D eigenvalue weighted by molar-refractivity contribution is 5.68. The van der Waals surface area contributed by atoms with Gasteiger partial charge in [-0.25, -0.2) is 19.6 Å². The van der Waals surface area contributed by atoms with Gasteiger partial charge in [-0.15, -0.1) is 0 Å². The van der Waals surface area contributed by atoms with Crippen LogP contribution in [0.25, 0.3) is 16.9 Å². The third kappa shape index (κ3) is 2.67. The molecule has 2 heterocycles. The van der Waals surface area contributed by atoms with Crippen LogP contribution in [-0.2, 0) is 5.41 Å². The number of hydrogen-bond acceptors (Lipinski definition) is 4. The van der Waals surface area contributed by atoms with E-state index in [-0.39, 0.29) is 5.41 Å². The van der Waals surface area contributed by atoms with E-state index in [1.54, 1.807) is 11.0 Å². The third-order valence-electron chi connectivity index (χ3n) is 3.15. The third-order valence-corrected chi connectivity index (χ3v) is 3.15. The highest BCUT2D eigenvalue weighted by atomic mass is 15.3. The zero-order valence-electron chi connectivity index (χ0n) is 12.4. The summed E-state index contributed by atoms with van der Waals surface area (Å²) < 4.78 is 1.69. The van der Waals surface area contributed by atoms with Crippen molar-refractivity contribution >= 4 is 0 Å². The van der Waals surface area contributed by atoms with Crippen LogP contribution in [0, 0.1) is 0 Å². The summed E-state index contributed by atoms with van der Waals surface area (Å²) in [7, 11) is 0. The molecule has 21 heavy (non-hydrogen) atoms. The Morgan fingerprint density at radius 1 is 1.05 bits per heavy atom. The quantitative estimate of drug-likeness (QED) is 0.723. The van der Waals surface area contributed by atoms with E-state index >= 15 is 0 Å². The second-order valence-corrected chi connectivity index (χ2v) is 5.88. The molecule has 2 aromatic heterocycles. The molecule has 0 aliphatic carbocycles. The van der Waals surface area contributed by atoms with Crippen molar-refractivity contribution < 1.29 is 0 Å². The van der Waals surface area contributed by atoms with Gasteiger partial charge in [0.1, 0.15) is 24.2 Å². The molecule has 0 atom stereocenters. The average molecular weight is 279 g/mol. The molecule has 5 heteroatoms. The van der Waals surface area contributed by atoms with Gasteiger partial charge in [-0.2, -0.15) is 5.10 Å². The maximum absolute atomic E-state index is 4.77. The summed E-state index contributed by atoms with van der Waals surface area (Å²) in [4.78, 5) is 13.3. The van der Waals surface area contributed by atoms with Gasteiger partial charge in [0.2, 0.25) is 0 Å². The molecule has 3 aromatic rings. The van der Waals surface area contributed by atoms with Crippen molar-refractivity contribution in [2.75, 3.05) is 0 Å². The minimum atomic E-state index is -0.107. The fraction of sp³-hybridized carbons (Fsp3) is 0.250. The van der Waals surface area contributed by atoms with Gasteiger partial charge in [0.25, 0.3) is 0 Å². The highest BCUT2D eigenvalue weighted by Crippen LogP contribution is 2.27. The van der Waals surface area contributed by atoms with Crippen molar-refractivity contribution in [1.29, 1.82) is 0 Å². The van der Waals surface area contributed by atoms with Crippen LogP contribution < -0.4 is 0 Å². The first-order chi connectivity index (χ1) is 10.1. The standard InChI is InChI=1S/C16H17N5/c1-16(2,3)15-18-9-13(21-11-17-10-19-21)14(20-15)12-7-5-4-6-8-12/h4-11H,1-3H3. The van der Waals surface area contributed by atoms with Crippen LogP contribution in [0.4, 0.5) is 0 Å². The van der Waals surface area contributed by atoms with E-state index in [1.807, 2.05) is 36.5 Å². The van der Waals surface area contributed by atoms with Crippen LogP contribution in [0.1, 0.15) is 26.6 Å². The predicted molar refractivity (Wildman–Crippen MR) is 81.1 cm³/mol. The highest BCUT2D eigenvalue weighted by Gasteiger charge is 2.20. The molecule has 0 N–H and O–H groups in total. The lowest BCUT2D eigenvalue weighted by Crippen LogP contribution is -2.17. The normalized spacial score (nSPS) is 11.6. The van der Waals surface area contributed by atoms with Crippen LogP contribution in [-0.4, -0.2) is 24.7 Å². The van der Waals surface area contributed by atoms with Gasteiger partial charge in [0.05, 0.1) is 11.9 Å². The Morgan fingerprint density at radius 3 is 2.43 bits per heavy atom. The molecule has 5 nitrogen and oxygen atoms in total. The molecule has 0 bridgehead atoms. The van der Waals surface area contributed by atoms with E-state index in [9.17, 15) is 0 Å². The Bertz CT molecular complexity index is 727. The van der Waals surface area contributed by atoms with Gasteiger partial charge in [-0.3, -0.25) is 0 Å². The molecule has 106 valence electrons. The minimum absolute atomic E-state index is 0.107. The summed E-state index contributed by atoms with van der Waals surface area (Å²) in [6.45, 7) is 6.31. The van der Waals surface area contributed by atoms with Crippen LogP contribution in [0.5, 0.6) is 0 Å². The first-order valence-electron chi connectivity index (χ1n) is 6.83. The number of hydrogen-bond donors (Lipinski definition) is 0. The van der Waals surface area contributed by atoms with Crippen LogP contribution in [0.3, 0.4) is 0 Å². The lowest BCUT2D eigenvalue weighted by Gasteiger charge is -2.18. The molecule has 0 saturated heterocycles. The number of aromatic nitrogens is 5. The Morgan fingerprint density at radius 2 is 1.81 bits per heavy atom. The maximum atomic E-state index is 4.77. The molecule has 0 spiro atoms. The van der Waals surface area contributed by atoms with Gasteiger partial charge in [0, 0.05) is 11.0 Å². The van der Waals surface area contributed by atoms with E-state index in [2.05, 4.69) is 35.8 Å². The van der Waals surface area contributed by atoms with E-state index in [1.165, 1.54) is 6.33 Å². The second-order valence-electron chi connectivity index (χ2n) is 5.88. The van der Waals surface area contributed by atoms with E-state index in [4.69, 9.17) is 4.98 Å². The Balaban J connectivity index is 2.22. The van der Waals surface area contributed by atoms with Gasteiger partial charge < -0.3 is 0 Å². The number of nitrogens with zero attached hydrogens (tertiary/aromatic N) is 5. The van der Waals surface area contributed by atoms with Gasteiger partial charge in [-0.05, 0) is 0 Å². The van der Waals surface area contributed by atoms with E-state index in [0.29, 0.717) is 0 Å². The molecule has 0 fully saturated rings. The van der Waals surface area contributed by atoms with Crippen molar-refractivity contribution in [3.8, 4) is 16.9 Å². The van der Waals surface area contributed by atoms with Crippen LogP contribution >= 0.6 is 0 Å². The molecular weight excluding hydrogens is 262 g/mol. The SMILES string of the molecule is CC(C)(C)c1ncc(-n2cncn2)c(-c2ccccc2)n1. The molecule has 0 aliphatic rings. The van der Waals surface area contributed by atoms with Gasteiger partial charge >= 0.3 is 0 Å². The Labute approximate surface area is 123 Å². The van der Waals surface area contributed by atoms with Crippen molar-refractivity contribution in [1.82, 2.24) is 24.7 Å². The van der Waals surface area contributed by atoms with Crippen molar-refractivity contribution in [3.63, 3.8) is 0 Å². The largest absolute Gasteiger partial charge is 0.239 e. The topological polar surface area (TPSA) is 56.5 Å². The first kappa shape index (κ1) is 13.4. The lowest BCUT2D eigenvalue weighted by molar-refractivity contribution is 0.545. The molecule has 0 radical (unpaired) electrons. The summed E-state index contributed by atoms with van der Waals surface area (Å²) in [6, 6.07) is 10.1. The molecule has 1 aromatic carbocycles. The monoisotopic (exact) mass is 279 g/mol. The predicted octanol–water partition coefficient (Wildman–Crippen LogP) is 3.02. The van der Waals surface area contributed by atoms with Crippen LogP contribution in [0.15, 0.2) is 49.2 Å². The molecule has 0 amide bonds. The van der Waals surface area contributed by atoms with Crippen molar-refractivity contribution in [2.45, 2.75) is 26.2 Å². The summed E-state index contributed by atoms with van der Waals surface area (Å²) >= 11 is 0. The smallest absolute Gasteiger partial charge is 0.138 e. The fourth-order valence-corrected chi connectivity index (χ4v) is 2.05. The summed E-state index contributed by atoms with van der Waals surface area (Å²) in [5.74, 6) is 0.810. The molecule has 0 saturated carbocycles. The molecule has 0 aliphatic heterocycles. The average Bonchev–Trinajstić information content (AvgIpc) is 3.01. The van der Waals surface area contributed by atoms with Crippen molar-refractivity contribution in [2.24, 2.45) is 0 Å². The zero-order valence-corrected chi connectivity index (χ0v) is 12.4. The van der Waals surface area contributed by atoms with Crippen LogP contribution in [0.2, 0.25) is 0 Å². The summed E-state index contributed by atoms with van der Waals surface area (Å²) in [5, 5.41) is 4.19. The van der Waals surface area contributed by atoms with Crippen molar-refractivity contribution in [3.05, 3.63) is 55.0 Å². The molecular formula is C16H17N5. The number of benzene rings is 1. The Kier molecular flexibility index (Phi) is 3.25. The van der Waals surface area contributed by atoms with Gasteiger partial charge in [0.15, 0.2) is 0 Å². The van der Waals surface area contributed by atoms with E-state index < -0.39 is 0 Å². The zero-order chi connectivity index (χ0) is 14.9. The Hall–Kier alpha value is -2.56. The first-order valence-corrected chi connectivity index (χ1v) is 6.83. The minimum Gasteiger partial charge on any atom is -0.239 e. The van der Waals surface area contributed by atoms with E-state index in [0.717, 1.165) is 22.8 Å². The fourth-order valence-electron chi connectivity index (χ4n) is 2.05. The lowest BCUT2D eigenvalue weighted by atomic mass is 9.95. The maximum Gasteiger partial charge on any atom is 0.138 e. The second kappa shape index (κ2) is 5.09. The summed E-state index contributed by atoms with van der Waals surface area (Å²) in [5.41, 5.74) is 2.62. The molecule has 3 rings (SSSR count). The molecule has 0 unspecified atom stereocenters. The van der Waals surface area contributed by atoms with Gasteiger partial charge in [-0.1, -0.05) is 51.1 Å². The summed E-state index contributed by atoms with van der Waals surface area (Å²) in [6.07, 6.45) is 4.97.